The van der Waals surface area contributed by atoms with Crippen LogP contribution in [0, 0.1) is 0 Å². The minimum atomic E-state index is -3.41. The maximum atomic E-state index is 11.2. The molecule has 0 rings (SSSR count). The molecule has 0 aromatic carbocycles. The van der Waals surface area contributed by atoms with Crippen LogP contribution in [0.2, 0.25) is 0 Å². The third kappa shape index (κ3) is 11.4. The van der Waals surface area contributed by atoms with Gasteiger partial charge in [-0.05, 0) is 20.8 Å². The highest BCUT2D eigenvalue weighted by molar-refractivity contribution is 7.85. The van der Waals surface area contributed by atoms with Gasteiger partial charge in [0.1, 0.15) is 5.60 Å². The summed E-state index contributed by atoms with van der Waals surface area (Å²) in [6.45, 7) is 5.63. The van der Waals surface area contributed by atoms with Crippen molar-refractivity contribution in [2.24, 2.45) is 0 Å². The van der Waals surface area contributed by atoms with E-state index >= 15 is 0 Å². The topological polar surface area (TPSA) is 81.7 Å². The maximum Gasteiger partial charge on any atom is 0.320 e. The van der Waals surface area contributed by atoms with Crippen LogP contribution in [0.1, 0.15) is 20.8 Å². The van der Waals surface area contributed by atoms with Crippen molar-refractivity contribution in [2.45, 2.75) is 26.4 Å². The molecule has 0 heterocycles. The van der Waals surface area contributed by atoms with Crippen LogP contribution in [0.3, 0.4) is 0 Å². The number of nitrogens with one attached hydrogen (secondary N) is 1. The van der Waals surface area contributed by atoms with E-state index in [-0.39, 0.29) is 25.7 Å². The van der Waals surface area contributed by atoms with Gasteiger partial charge in [0.15, 0.2) is 0 Å². The first-order valence-electron chi connectivity index (χ1n) is 4.87. The van der Waals surface area contributed by atoms with Crippen LogP contribution < -0.4 is 5.32 Å². The van der Waals surface area contributed by atoms with Crippen molar-refractivity contribution in [3.8, 4) is 0 Å². The van der Waals surface area contributed by atoms with E-state index in [0.717, 1.165) is 6.26 Å². The fourth-order valence-corrected chi connectivity index (χ4v) is 1.22. The molecule has 0 aliphatic heterocycles. The number of hydrogen-bond acceptors (Lipinski definition) is 6. The van der Waals surface area contributed by atoms with Crippen LogP contribution >= 0.6 is 0 Å². The maximum absolute atomic E-state index is 11.2. The Kier molecular flexibility index (Phi) is 5.91. The number of rotatable bonds is 6. The second kappa shape index (κ2) is 6.17. The molecule has 0 aromatic rings. The normalized spacial score (nSPS) is 12.5. The van der Waals surface area contributed by atoms with E-state index in [0.29, 0.717) is 0 Å². The summed E-state index contributed by atoms with van der Waals surface area (Å²) in [4.78, 5) is 11.2. The summed E-state index contributed by atoms with van der Waals surface area (Å²) in [7, 11) is -3.41. The van der Waals surface area contributed by atoms with Crippen molar-refractivity contribution < 1.29 is 22.1 Å². The van der Waals surface area contributed by atoms with Gasteiger partial charge >= 0.3 is 5.97 Å². The predicted octanol–water partition coefficient (Wildman–Crippen LogP) is -0.106. The zero-order valence-corrected chi connectivity index (χ0v) is 10.9. The Morgan fingerprint density at radius 1 is 1.31 bits per heavy atom. The molecule has 0 fully saturated rings. The van der Waals surface area contributed by atoms with E-state index in [9.17, 15) is 13.2 Å². The lowest BCUT2D eigenvalue weighted by Gasteiger charge is -2.19. The molecule has 0 aromatic heterocycles. The van der Waals surface area contributed by atoms with Crippen molar-refractivity contribution in [1.82, 2.24) is 5.32 Å². The molecule has 0 saturated heterocycles. The molecule has 0 unspecified atom stereocenters. The van der Waals surface area contributed by atoms with Crippen molar-refractivity contribution in [3.63, 3.8) is 0 Å². The summed E-state index contributed by atoms with van der Waals surface area (Å²) in [5.41, 5.74) is -0.512. The van der Waals surface area contributed by atoms with Gasteiger partial charge in [-0.25, -0.2) is 0 Å². The second-order valence-corrected chi connectivity index (χ2v) is 5.93. The Balaban J connectivity index is 3.57. The molecule has 0 radical (unpaired) electrons. The highest BCUT2D eigenvalue weighted by atomic mass is 32.2. The molecule has 0 spiro atoms. The van der Waals surface area contributed by atoms with Crippen LogP contribution in [0.4, 0.5) is 0 Å². The number of carbonyl (C=O) groups is 1. The van der Waals surface area contributed by atoms with Gasteiger partial charge in [0.05, 0.1) is 19.4 Å². The standard InChI is InChI=1S/C9H19NO5S/c1-9(2,3)15-8(11)7-10-5-6-14-16(4,12)13/h10H,5-7H2,1-4H3. The first-order valence-corrected chi connectivity index (χ1v) is 6.69. The summed E-state index contributed by atoms with van der Waals surface area (Å²) >= 11 is 0. The van der Waals surface area contributed by atoms with E-state index in [1.807, 2.05) is 0 Å². The molecule has 0 atom stereocenters. The summed E-state index contributed by atoms with van der Waals surface area (Å²) in [5, 5.41) is 2.72. The highest BCUT2D eigenvalue weighted by Crippen LogP contribution is 2.05. The van der Waals surface area contributed by atoms with Crippen LogP contribution in [-0.2, 0) is 23.8 Å². The Hall–Kier alpha value is -0.660. The van der Waals surface area contributed by atoms with E-state index in [2.05, 4.69) is 9.50 Å². The molecule has 1 N–H and O–H groups in total. The van der Waals surface area contributed by atoms with Crippen LogP contribution in [0.25, 0.3) is 0 Å². The monoisotopic (exact) mass is 253 g/mol. The third-order valence-electron chi connectivity index (χ3n) is 1.27. The van der Waals surface area contributed by atoms with Crippen LogP contribution in [-0.4, -0.2) is 45.9 Å². The van der Waals surface area contributed by atoms with Crippen molar-refractivity contribution in [2.75, 3.05) is 26.0 Å². The van der Waals surface area contributed by atoms with Gasteiger partial charge in [0.2, 0.25) is 0 Å². The molecule has 0 aliphatic rings. The largest absolute Gasteiger partial charge is 0.459 e. The van der Waals surface area contributed by atoms with Gasteiger partial charge in [0.25, 0.3) is 10.1 Å². The van der Waals surface area contributed by atoms with Gasteiger partial charge < -0.3 is 10.1 Å². The number of hydrogen-bond donors (Lipinski definition) is 1. The predicted molar refractivity (Wildman–Crippen MR) is 59.5 cm³/mol. The first kappa shape index (κ1) is 15.3. The van der Waals surface area contributed by atoms with Crippen LogP contribution in [0.5, 0.6) is 0 Å². The van der Waals surface area contributed by atoms with Gasteiger partial charge in [-0.3, -0.25) is 8.98 Å². The van der Waals surface area contributed by atoms with Gasteiger partial charge in [-0.1, -0.05) is 0 Å². The summed E-state index contributed by atoms with van der Waals surface area (Å²) in [6, 6.07) is 0. The van der Waals surface area contributed by atoms with Crippen molar-refractivity contribution in [3.05, 3.63) is 0 Å². The number of carbonyl (C=O) groups excluding carboxylic acids is 1. The smallest absolute Gasteiger partial charge is 0.320 e. The molecular formula is C9H19NO5S. The Labute approximate surface area is 96.4 Å². The Bertz CT molecular complexity index is 317. The molecule has 16 heavy (non-hydrogen) atoms. The molecular weight excluding hydrogens is 234 g/mol. The molecule has 0 aliphatic carbocycles. The lowest BCUT2D eigenvalue weighted by molar-refractivity contribution is -0.153. The fraction of sp³-hybridized carbons (Fsp3) is 0.889. The minimum absolute atomic E-state index is 0.00162. The van der Waals surface area contributed by atoms with Gasteiger partial charge in [-0.2, -0.15) is 8.42 Å². The Morgan fingerprint density at radius 2 is 1.88 bits per heavy atom. The summed E-state index contributed by atoms with van der Waals surface area (Å²) in [6.07, 6.45) is 0.973. The summed E-state index contributed by atoms with van der Waals surface area (Å²) in [5.74, 6) is -0.383. The van der Waals surface area contributed by atoms with E-state index in [1.165, 1.54) is 0 Å². The van der Waals surface area contributed by atoms with Gasteiger partial charge in [-0.15, -0.1) is 0 Å². The highest BCUT2D eigenvalue weighted by Gasteiger charge is 2.15. The first-order chi connectivity index (χ1) is 7.10. The number of esters is 1. The van der Waals surface area contributed by atoms with Crippen molar-refractivity contribution in [1.29, 1.82) is 0 Å². The van der Waals surface area contributed by atoms with E-state index in [1.54, 1.807) is 20.8 Å². The Morgan fingerprint density at radius 3 is 2.31 bits per heavy atom. The van der Waals surface area contributed by atoms with Gasteiger partial charge in [0, 0.05) is 6.54 Å². The van der Waals surface area contributed by atoms with Crippen LogP contribution in [0.15, 0.2) is 0 Å². The molecule has 0 saturated carbocycles. The zero-order valence-electron chi connectivity index (χ0n) is 10.1. The average molecular weight is 253 g/mol. The van der Waals surface area contributed by atoms with E-state index in [4.69, 9.17) is 4.74 Å². The molecule has 6 nitrogen and oxygen atoms in total. The quantitative estimate of drug-likeness (QED) is 0.404. The zero-order chi connectivity index (χ0) is 12.8. The number of ether oxygens (including phenoxy) is 1. The SMILES string of the molecule is CC(C)(C)OC(=O)CNCCOS(C)(=O)=O. The third-order valence-corrected chi connectivity index (χ3v) is 1.86. The lowest BCUT2D eigenvalue weighted by atomic mass is 10.2. The second-order valence-electron chi connectivity index (χ2n) is 4.29. The minimum Gasteiger partial charge on any atom is -0.459 e. The molecule has 96 valence electrons. The molecule has 0 amide bonds. The van der Waals surface area contributed by atoms with Crippen molar-refractivity contribution >= 4 is 16.1 Å². The lowest BCUT2D eigenvalue weighted by Crippen LogP contribution is -2.33. The summed E-state index contributed by atoms with van der Waals surface area (Å²) < 4.78 is 30.6. The fourth-order valence-electron chi connectivity index (χ4n) is 0.833. The molecule has 7 heteroatoms. The molecule has 0 bridgehead atoms. The average Bonchev–Trinajstić information content (AvgIpc) is 1.97. The van der Waals surface area contributed by atoms with E-state index < -0.39 is 15.7 Å².